The van der Waals surface area contributed by atoms with Gasteiger partial charge in [0.1, 0.15) is 11.9 Å². The number of carbonyl (C=O) groups excluding carboxylic acids is 2. The van der Waals surface area contributed by atoms with E-state index in [1.165, 1.54) is 18.2 Å². The lowest BCUT2D eigenvalue weighted by Crippen LogP contribution is -2.25. The van der Waals surface area contributed by atoms with Crippen LogP contribution < -0.4 is 10.6 Å². The normalized spacial score (nSPS) is 11.8. The number of hydrogen-bond donors (Lipinski definition) is 2. The maximum atomic E-state index is 13.9. The van der Waals surface area contributed by atoms with Crippen LogP contribution in [0, 0.1) is 19.7 Å². The Labute approximate surface area is 183 Å². The van der Waals surface area contributed by atoms with Crippen LogP contribution in [0.5, 0.6) is 0 Å². The van der Waals surface area contributed by atoms with Gasteiger partial charge in [0.25, 0.3) is 5.91 Å². The predicted octanol–water partition coefficient (Wildman–Crippen LogP) is 5.40. The predicted molar refractivity (Wildman–Crippen MR) is 116 cm³/mol. The van der Waals surface area contributed by atoms with E-state index in [2.05, 4.69) is 15.7 Å². The first-order valence-electron chi connectivity index (χ1n) is 9.06. The van der Waals surface area contributed by atoms with E-state index in [-0.39, 0.29) is 21.5 Å². The molecular weight excluding hydrogens is 430 g/mol. The van der Waals surface area contributed by atoms with Crippen LogP contribution in [0.2, 0.25) is 10.0 Å². The number of aromatic nitrogens is 2. The summed E-state index contributed by atoms with van der Waals surface area (Å²) in [5, 5.41) is 9.82. The summed E-state index contributed by atoms with van der Waals surface area (Å²) in [4.78, 5) is 24.9. The molecule has 0 saturated carbocycles. The van der Waals surface area contributed by atoms with Crippen molar-refractivity contribution in [1.82, 2.24) is 9.78 Å². The zero-order chi connectivity index (χ0) is 22.0. The summed E-state index contributed by atoms with van der Waals surface area (Å²) in [5.74, 6) is -1.73. The molecule has 9 heteroatoms. The van der Waals surface area contributed by atoms with Crippen LogP contribution in [0.15, 0.2) is 42.5 Å². The Hall–Kier alpha value is -2.90. The Balaban J connectivity index is 1.73. The molecule has 156 valence electrons. The summed E-state index contributed by atoms with van der Waals surface area (Å²) >= 11 is 12.2. The fourth-order valence-corrected chi connectivity index (χ4v) is 3.47. The number of aryl methyl sites for hydroxylation is 2. The van der Waals surface area contributed by atoms with Crippen molar-refractivity contribution in [2.24, 2.45) is 0 Å². The van der Waals surface area contributed by atoms with Gasteiger partial charge in [0, 0.05) is 11.4 Å². The van der Waals surface area contributed by atoms with Crippen molar-refractivity contribution in [3.05, 3.63) is 75.3 Å². The van der Waals surface area contributed by atoms with Crippen LogP contribution in [0.25, 0.3) is 0 Å². The summed E-state index contributed by atoms with van der Waals surface area (Å²) in [6.45, 7) is 5.46. The topological polar surface area (TPSA) is 76.0 Å². The Bertz CT molecular complexity index is 1110. The molecule has 0 bridgehead atoms. The molecular formula is C21H19Cl2FN4O2. The summed E-state index contributed by atoms with van der Waals surface area (Å²) < 4.78 is 15.5. The zero-order valence-electron chi connectivity index (χ0n) is 16.5. The molecule has 0 fully saturated rings. The maximum Gasteiger partial charge on any atom is 0.260 e. The van der Waals surface area contributed by atoms with E-state index in [0.717, 1.165) is 17.5 Å². The van der Waals surface area contributed by atoms with Crippen LogP contribution in [0.1, 0.15) is 34.7 Å². The molecule has 1 aromatic heterocycles. The van der Waals surface area contributed by atoms with Crippen molar-refractivity contribution in [1.29, 1.82) is 0 Å². The van der Waals surface area contributed by atoms with Gasteiger partial charge in [-0.05, 0) is 57.2 Å². The molecule has 0 saturated heterocycles. The van der Waals surface area contributed by atoms with Crippen molar-refractivity contribution in [2.75, 3.05) is 10.6 Å². The largest absolute Gasteiger partial charge is 0.323 e. The lowest BCUT2D eigenvalue weighted by molar-refractivity contribution is -0.119. The number of anilines is 2. The summed E-state index contributed by atoms with van der Waals surface area (Å²) in [5.41, 5.74) is 2.13. The molecule has 1 heterocycles. The second-order valence-corrected chi connectivity index (χ2v) is 7.60. The number of hydrogen-bond acceptors (Lipinski definition) is 3. The number of carbonyl (C=O) groups is 2. The minimum Gasteiger partial charge on any atom is -0.323 e. The Morgan fingerprint density at radius 1 is 1.07 bits per heavy atom. The van der Waals surface area contributed by atoms with Gasteiger partial charge in [-0.25, -0.2) is 4.39 Å². The highest BCUT2D eigenvalue weighted by Crippen LogP contribution is 2.28. The highest BCUT2D eigenvalue weighted by Gasteiger charge is 2.20. The molecule has 2 amide bonds. The standard InChI is InChI=1S/C21H19Cl2FN4O2/c1-11-9-12(2)28(27-11)13(3)20(29)26-18-8-7-14(10-16(18)23)25-21(30)19-15(22)5-4-6-17(19)24/h4-10,13H,1-3H3,(H,25,30)(H,26,29). The molecule has 1 atom stereocenters. The lowest BCUT2D eigenvalue weighted by Gasteiger charge is -2.16. The van der Waals surface area contributed by atoms with Gasteiger partial charge in [0.05, 0.1) is 27.0 Å². The molecule has 1 unspecified atom stereocenters. The number of nitrogens with one attached hydrogen (secondary N) is 2. The van der Waals surface area contributed by atoms with Gasteiger partial charge in [-0.3, -0.25) is 14.3 Å². The van der Waals surface area contributed by atoms with Gasteiger partial charge in [-0.2, -0.15) is 5.10 Å². The molecule has 3 aromatic rings. The minimum absolute atomic E-state index is 0.000574. The highest BCUT2D eigenvalue weighted by atomic mass is 35.5. The first-order chi connectivity index (χ1) is 14.2. The van der Waals surface area contributed by atoms with Crippen molar-refractivity contribution < 1.29 is 14.0 Å². The van der Waals surface area contributed by atoms with E-state index in [9.17, 15) is 14.0 Å². The highest BCUT2D eigenvalue weighted by molar-refractivity contribution is 6.35. The van der Waals surface area contributed by atoms with E-state index < -0.39 is 17.8 Å². The van der Waals surface area contributed by atoms with E-state index >= 15 is 0 Å². The third kappa shape index (κ3) is 4.63. The van der Waals surface area contributed by atoms with Gasteiger partial charge in [-0.15, -0.1) is 0 Å². The number of amides is 2. The fraction of sp³-hybridized carbons (Fsp3) is 0.190. The van der Waals surface area contributed by atoms with Crippen LogP contribution in [-0.4, -0.2) is 21.6 Å². The van der Waals surface area contributed by atoms with Gasteiger partial charge < -0.3 is 10.6 Å². The summed E-state index contributed by atoms with van der Waals surface area (Å²) in [6.07, 6.45) is 0. The van der Waals surface area contributed by atoms with Crippen LogP contribution in [-0.2, 0) is 4.79 Å². The summed E-state index contributed by atoms with van der Waals surface area (Å²) in [7, 11) is 0. The van der Waals surface area contributed by atoms with Crippen molar-refractivity contribution >= 4 is 46.4 Å². The van der Waals surface area contributed by atoms with Gasteiger partial charge in [0.15, 0.2) is 0 Å². The first-order valence-corrected chi connectivity index (χ1v) is 9.81. The number of rotatable bonds is 5. The molecule has 2 aromatic carbocycles. The number of benzene rings is 2. The second kappa shape index (κ2) is 8.85. The minimum atomic E-state index is -0.729. The fourth-order valence-electron chi connectivity index (χ4n) is 2.99. The molecule has 0 radical (unpaired) electrons. The van der Waals surface area contributed by atoms with Crippen molar-refractivity contribution in [3.63, 3.8) is 0 Å². The van der Waals surface area contributed by atoms with E-state index in [1.807, 2.05) is 19.9 Å². The van der Waals surface area contributed by atoms with Crippen molar-refractivity contribution in [3.8, 4) is 0 Å². The Morgan fingerprint density at radius 2 is 1.80 bits per heavy atom. The molecule has 0 spiro atoms. The molecule has 0 aliphatic rings. The molecule has 2 N–H and O–H groups in total. The molecule has 3 rings (SSSR count). The molecule has 30 heavy (non-hydrogen) atoms. The van der Waals surface area contributed by atoms with Gasteiger partial charge >= 0.3 is 0 Å². The van der Waals surface area contributed by atoms with Gasteiger partial charge in [-0.1, -0.05) is 29.3 Å². The Morgan fingerprint density at radius 3 is 2.40 bits per heavy atom. The monoisotopic (exact) mass is 448 g/mol. The number of halogens is 3. The Kier molecular flexibility index (Phi) is 6.43. The quantitative estimate of drug-likeness (QED) is 0.548. The number of nitrogens with zero attached hydrogens (tertiary/aromatic N) is 2. The average molecular weight is 449 g/mol. The first kappa shape index (κ1) is 21.8. The molecule has 6 nitrogen and oxygen atoms in total. The molecule has 0 aliphatic carbocycles. The van der Waals surface area contributed by atoms with E-state index in [4.69, 9.17) is 23.2 Å². The van der Waals surface area contributed by atoms with Crippen molar-refractivity contribution in [2.45, 2.75) is 26.8 Å². The summed E-state index contributed by atoms with van der Waals surface area (Å²) in [6, 6.07) is 9.88. The van der Waals surface area contributed by atoms with E-state index in [1.54, 1.807) is 23.7 Å². The van der Waals surface area contributed by atoms with E-state index in [0.29, 0.717) is 11.4 Å². The third-order valence-corrected chi connectivity index (χ3v) is 5.09. The smallest absolute Gasteiger partial charge is 0.260 e. The van der Waals surface area contributed by atoms with Crippen LogP contribution in [0.3, 0.4) is 0 Å². The zero-order valence-corrected chi connectivity index (χ0v) is 18.0. The van der Waals surface area contributed by atoms with Crippen LogP contribution >= 0.6 is 23.2 Å². The van der Waals surface area contributed by atoms with Gasteiger partial charge in [0.2, 0.25) is 5.91 Å². The lowest BCUT2D eigenvalue weighted by atomic mass is 10.2. The maximum absolute atomic E-state index is 13.9. The third-order valence-electron chi connectivity index (χ3n) is 4.47. The molecule has 0 aliphatic heterocycles. The second-order valence-electron chi connectivity index (χ2n) is 6.78. The van der Waals surface area contributed by atoms with Crippen LogP contribution in [0.4, 0.5) is 15.8 Å². The SMILES string of the molecule is Cc1cc(C)n(C(C)C(=O)Nc2ccc(NC(=O)c3c(F)cccc3Cl)cc2Cl)n1. The average Bonchev–Trinajstić information content (AvgIpc) is 3.01.